The fraction of sp³-hybridized carbons (Fsp3) is 0.237. The zero-order valence-corrected chi connectivity index (χ0v) is 29.0. The maximum atomic E-state index is 15.0. The Kier molecular flexibility index (Phi) is 8.67. The number of para-hydroxylation sites is 1. The summed E-state index contributed by atoms with van der Waals surface area (Å²) >= 11 is 1.31. The fourth-order valence-electron chi connectivity index (χ4n) is 7.15. The quantitative estimate of drug-likeness (QED) is 0.207. The summed E-state index contributed by atoms with van der Waals surface area (Å²) < 4.78 is 20.5. The van der Waals surface area contributed by atoms with Crippen LogP contribution in [0.25, 0.3) is 21.9 Å². The van der Waals surface area contributed by atoms with E-state index in [1.807, 2.05) is 36.4 Å². The van der Waals surface area contributed by atoms with Crippen LogP contribution in [-0.4, -0.2) is 75.4 Å². The largest absolute Gasteiger partial charge is 0.496 e. The van der Waals surface area contributed by atoms with Gasteiger partial charge in [0.15, 0.2) is 0 Å². The number of nitrogens with one attached hydrogen (secondary N) is 2. The summed E-state index contributed by atoms with van der Waals surface area (Å²) in [7, 11) is 1.58. The lowest BCUT2D eigenvalue weighted by molar-refractivity contribution is 0.0498. The molecule has 2 amide bonds. The summed E-state index contributed by atoms with van der Waals surface area (Å²) in [5.41, 5.74) is 2.98. The van der Waals surface area contributed by atoms with Crippen molar-refractivity contribution < 1.29 is 18.7 Å². The Labute approximate surface area is 301 Å². The molecule has 0 radical (unpaired) electrons. The molecule has 2 aliphatic heterocycles. The van der Waals surface area contributed by atoms with E-state index in [1.165, 1.54) is 17.4 Å². The number of methoxy groups -OCH3 is 1. The molecule has 2 N–H and O–H groups in total. The van der Waals surface area contributed by atoms with E-state index in [1.54, 1.807) is 54.7 Å². The minimum Gasteiger partial charge on any atom is -0.496 e. The Morgan fingerprint density at radius 1 is 0.962 bits per heavy atom. The van der Waals surface area contributed by atoms with Gasteiger partial charge in [0.05, 0.1) is 29.3 Å². The van der Waals surface area contributed by atoms with Gasteiger partial charge in [0.2, 0.25) is 10.3 Å². The molecular formula is C38H33FN8O4S. The zero-order valence-electron chi connectivity index (χ0n) is 28.1. The molecule has 0 unspecified atom stereocenters. The van der Waals surface area contributed by atoms with Gasteiger partial charge in [0, 0.05) is 66.9 Å². The van der Waals surface area contributed by atoms with Gasteiger partial charge in [-0.2, -0.15) is 5.10 Å². The maximum absolute atomic E-state index is 15.0. The standard InChI is InChI=1S/C38H33FN8O4S/c1-51-32-9-5-4-7-25(32)29-20-40-15-12-27(29)33(48)41-36-44-45-37(52-36)47-21-38(22-47)13-16-46(17-14-38)35(50)28-18-23(10-11-30(28)39)19-31-24-6-2-3-8-26(24)34(49)43-42-31/h2-12,15,18,20H,13-14,16-17,19,21-22H2,1H3,(H,43,49)(H,41,44,48). The molecule has 3 aromatic carbocycles. The van der Waals surface area contributed by atoms with Crippen LogP contribution in [0.4, 0.5) is 14.7 Å². The van der Waals surface area contributed by atoms with Crippen LogP contribution in [0.5, 0.6) is 5.75 Å². The van der Waals surface area contributed by atoms with Crippen LogP contribution in [0.2, 0.25) is 0 Å². The molecule has 0 saturated carbocycles. The van der Waals surface area contributed by atoms with Crippen LogP contribution >= 0.6 is 11.3 Å². The van der Waals surface area contributed by atoms with Gasteiger partial charge in [-0.05, 0) is 48.7 Å². The summed E-state index contributed by atoms with van der Waals surface area (Å²) in [4.78, 5) is 47.2. The van der Waals surface area contributed by atoms with Gasteiger partial charge in [-0.25, -0.2) is 9.49 Å². The van der Waals surface area contributed by atoms with E-state index < -0.39 is 5.82 Å². The highest BCUT2D eigenvalue weighted by Gasteiger charge is 2.46. The lowest BCUT2D eigenvalue weighted by Gasteiger charge is -2.53. The molecule has 14 heteroatoms. The maximum Gasteiger partial charge on any atom is 0.272 e. The molecule has 262 valence electrons. The average molecular weight is 717 g/mol. The molecule has 2 aliphatic rings. The number of H-pyrrole nitrogens is 1. The third kappa shape index (κ3) is 6.25. The van der Waals surface area contributed by atoms with E-state index in [4.69, 9.17) is 4.74 Å². The van der Waals surface area contributed by atoms with E-state index in [2.05, 4.69) is 35.6 Å². The molecule has 5 heterocycles. The topological polar surface area (TPSA) is 146 Å². The minimum absolute atomic E-state index is 0.0177. The number of piperidine rings is 1. The highest BCUT2D eigenvalue weighted by atomic mass is 32.1. The van der Waals surface area contributed by atoms with E-state index in [9.17, 15) is 14.4 Å². The Balaban J connectivity index is 0.882. The number of halogens is 1. The smallest absolute Gasteiger partial charge is 0.272 e. The van der Waals surface area contributed by atoms with Crippen molar-refractivity contribution in [2.45, 2.75) is 19.3 Å². The monoisotopic (exact) mass is 716 g/mol. The van der Waals surface area contributed by atoms with Crippen LogP contribution in [0.15, 0.2) is 90.0 Å². The van der Waals surface area contributed by atoms with Crippen molar-refractivity contribution in [3.63, 3.8) is 0 Å². The zero-order chi connectivity index (χ0) is 35.8. The molecular weight excluding hydrogens is 684 g/mol. The number of benzene rings is 3. The normalized spacial score (nSPS) is 15.0. The second-order valence-electron chi connectivity index (χ2n) is 13.1. The number of amides is 2. The third-order valence-electron chi connectivity index (χ3n) is 9.94. The summed E-state index contributed by atoms with van der Waals surface area (Å²) in [6, 6.07) is 20.9. The number of hydrogen-bond acceptors (Lipinski definition) is 10. The Morgan fingerprint density at radius 2 is 1.73 bits per heavy atom. The number of nitrogens with zero attached hydrogens (tertiary/aromatic N) is 6. The second-order valence-corrected chi connectivity index (χ2v) is 14.1. The number of carbonyl (C=O) groups excluding carboxylic acids is 2. The molecule has 0 bridgehead atoms. The molecule has 1 spiro atoms. The van der Waals surface area contributed by atoms with Crippen molar-refractivity contribution in [3.05, 3.63) is 124 Å². The van der Waals surface area contributed by atoms with Gasteiger partial charge < -0.3 is 14.5 Å². The molecule has 2 fully saturated rings. The Hall–Kier alpha value is -6.02. The first kappa shape index (κ1) is 33.1. The Morgan fingerprint density at radius 3 is 2.54 bits per heavy atom. The number of likely N-dealkylation sites (tertiary alicyclic amines) is 1. The molecule has 12 nitrogen and oxygen atoms in total. The SMILES string of the molecule is COc1ccccc1-c1cnccc1C(=O)Nc1nnc(N2CC3(CCN(C(=O)c4cc(Cc5n[nH]c(=O)c6ccccc56)ccc4F)CC3)C2)s1. The van der Waals surface area contributed by atoms with Crippen molar-refractivity contribution in [2.24, 2.45) is 5.41 Å². The average Bonchev–Trinajstić information content (AvgIpc) is 3.63. The summed E-state index contributed by atoms with van der Waals surface area (Å²) in [5.74, 6) is -0.594. The number of carbonyl (C=O) groups is 2. The molecule has 0 aliphatic carbocycles. The van der Waals surface area contributed by atoms with Crippen molar-refractivity contribution in [1.82, 2.24) is 30.3 Å². The van der Waals surface area contributed by atoms with Crippen molar-refractivity contribution in [1.29, 1.82) is 0 Å². The van der Waals surface area contributed by atoms with E-state index >= 15 is 4.39 Å². The molecule has 52 heavy (non-hydrogen) atoms. The van der Waals surface area contributed by atoms with Gasteiger partial charge in [-0.3, -0.25) is 24.7 Å². The van der Waals surface area contributed by atoms with Gasteiger partial charge in [0.25, 0.3) is 17.4 Å². The molecule has 8 rings (SSSR count). The minimum atomic E-state index is -0.567. The lowest BCUT2D eigenvalue weighted by atomic mass is 9.72. The van der Waals surface area contributed by atoms with Crippen molar-refractivity contribution in [3.8, 4) is 16.9 Å². The molecule has 2 saturated heterocycles. The van der Waals surface area contributed by atoms with Gasteiger partial charge in [0.1, 0.15) is 11.6 Å². The number of aromatic nitrogens is 5. The highest BCUT2D eigenvalue weighted by molar-refractivity contribution is 7.19. The number of rotatable bonds is 8. The second kappa shape index (κ2) is 13.6. The Bertz CT molecular complexity index is 2380. The van der Waals surface area contributed by atoms with E-state index in [-0.39, 0.29) is 28.4 Å². The number of aromatic amines is 1. The molecule has 3 aromatic heterocycles. The first-order chi connectivity index (χ1) is 25.3. The lowest BCUT2D eigenvalue weighted by Crippen LogP contribution is -2.61. The van der Waals surface area contributed by atoms with Gasteiger partial charge >= 0.3 is 0 Å². The molecule has 6 aromatic rings. The summed E-state index contributed by atoms with van der Waals surface area (Å²) in [5, 5.41) is 20.6. The number of anilines is 2. The molecule has 0 atom stereocenters. The van der Waals surface area contributed by atoms with Gasteiger partial charge in [-0.1, -0.05) is 53.8 Å². The third-order valence-corrected chi connectivity index (χ3v) is 10.8. The first-order valence-electron chi connectivity index (χ1n) is 16.8. The number of fused-ring (bicyclic) bond motifs is 1. The summed E-state index contributed by atoms with van der Waals surface area (Å²) in [6.45, 7) is 2.54. The van der Waals surface area contributed by atoms with Crippen LogP contribution in [-0.2, 0) is 6.42 Å². The first-order valence-corrected chi connectivity index (χ1v) is 17.6. The predicted molar refractivity (Wildman–Crippen MR) is 195 cm³/mol. The van der Waals surface area contributed by atoms with Crippen LogP contribution in [0, 0.1) is 11.2 Å². The van der Waals surface area contributed by atoms with Crippen molar-refractivity contribution in [2.75, 3.05) is 43.5 Å². The van der Waals surface area contributed by atoms with Crippen molar-refractivity contribution >= 4 is 44.2 Å². The van der Waals surface area contributed by atoms with Gasteiger partial charge in [-0.15, -0.1) is 10.2 Å². The summed E-state index contributed by atoms with van der Waals surface area (Å²) in [6.07, 6.45) is 5.10. The number of ether oxygens (including phenoxy) is 1. The fourth-order valence-corrected chi connectivity index (χ4v) is 7.89. The highest BCUT2D eigenvalue weighted by Crippen LogP contribution is 2.44. The van der Waals surface area contributed by atoms with E-state index in [0.29, 0.717) is 57.7 Å². The number of hydrogen-bond donors (Lipinski definition) is 2. The predicted octanol–water partition coefficient (Wildman–Crippen LogP) is 5.57. The van der Waals surface area contributed by atoms with Crippen LogP contribution < -0.4 is 20.5 Å². The number of pyridine rings is 1. The van der Waals surface area contributed by atoms with Crippen LogP contribution in [0.3, 0.4) is 0 Å². The van der Waals surface area contributed by atoms with E-state index in [0.717, 1.165) is 42.4 Å². The van der Waals surface area contributed by atoms with Crippen LogP contribution in [0.1, 0.15) is 44.8 Å².